The zero-order chi connectivity index (χ0) is 14.8. The molecule has 0 unspecified atom stereocenters. The maximum atomic E-state index is 12.6. The van der Waals surface area contributed by atoms with Gasteiger partial charge in [-0.3, -0.25) is 14.4 Å². The SMILES string of the molecule is O=C1CCCc2[nH]c(=O)c(C(=O)N3CCCCCC3)cc21. The largest absolute Gasteiger partial charge is 0.338 e. The zero-order valence-electron chi connectivity index (χ0n) is 12.1. The summed E-state index contributed by atoms with van der Waals surface area (Å²) in [6.45, 7) is 1.40. The number of carbonyl (C=O) groups is 2. The molecule has 5 nitrogen and oxygen atoms in total. The Kier molecular flexibility index (Phi) is 3.90. The number of fused-ring (bicyclic) bond motifs is 1. The molecule has 1 saturated heterocycles. The number of nitrogens with one attached hydrogen (secondary N) is 1. The van der Waals surface area contributed by atoms with Crippen molar-refractivity contribution in [3.05, 3.63) is 33.2 Å². The first-order valence-corrected chi connectivity index (χ1v) is 7.75. The molecule has 1 amide bonds. The van der Waals surface area contributed by atoms with E-state index in [0.29, 0.717) is 37.2 Å². The van der Waals surface area contributed by atoms with Crippen molar-refractivity contribution in [3.8, 4) is 0 Å². The summed E-state index contributed by atoms with van der Waals surface area (Å²) in [5, 5.41) is 0. The molecule has 0 saturated carbocycles. The summed E-state index contributed by atoms with van der Waals surface area (Å²) in [7, 11) is 0. The lowest BCUT2D eigenvalue weighted by Gasteiger charge is -2.21. The monoisotopic (exact) mass is 288 g/mol. The second kappa shape index (κ2) is 5.84. The topological polar surface area (TPSA) is 70.2 Å². The van der Waals surface area contributed by atoms with Gasteiger partial charge < -0.3 is 9.88 Å². The number of nitrogens with zero attached hydrogens (tertiary/aromatic N) is 1. The summed E-state index contributed by atoms with van der Waals surface area (Å²) in [5.74, 6) is -0.211. The molecule has 0 atom stereocenters. The molecular weight excluding hydrogens is 268 g/mol. The lowest BCUT2D eigenvalue weighted by Crippen LogP contribution is -2.36. The van der Waals surface area contributed by atoms with Gasteiger partial charge in [0.05, 0.1) is 0 Å². The highest BCUT2D eigenvalue weighted by atomic mass is 16.2. The van der Waals surface area contributed by atoms with Crippen LogP contribution in [0.25, 0.3) is 0 Å². The van der Waals surface area contributed by atoms with E-state index < -0.39 is 0 Å². The molecule has 1 aliphatic carbocycles. The molecule has 0 radical (unpaired) electrons. The second-order valence-corrected chi connectivity index (χ2v) is 5.89. The highest BCUT2D eigenvalue weighted by Gasteiger charge is 2.25. The lowest BCUT2D eigenvalue weighted by molar-refractivity contribution is 0.0760. The Morgan fingerprint density at radius 2 is 1.71 bits per heavy atom. The van der Waals surface area contributed by atoms with E-state index in [4.69, 9.17) is 0 Å². The quantitative estimate of drug-likeness (QED) is 0.858. The number of rotatable bonds is 1. The van der Waals surface area contributed by atoms with E-state index in [0.717, 1.165) is 32.1 Å². The predicted octanol–water partition coefficient (Wildman–Crippen LogP) is 1.91. The fourth-order valence-electron chi connectivity index (χ4n) is 3.18. The van der Waals surface area contributed by atoms with Crippen molar-refractivity contribution in [2.75, 3.05) is 13.1 Å². The van der Waals surface area contributed by atoms with Crippen LogP contribution >= 0.6 is 0 Å². The number of hydrogen-bond acceptors (Lipinski definition) is 3. The number of carbonyl (C=O) groups excluding carboxylic acids is 2. The van der Waals surface area contributed by atoms with Crippen LogP contribution in [0, 0.1) is 0 Å². The first kappa shape index (κ1) is 14.0. The first-order valence-electron chi connectivity index (χ1n) is 7.75. The molecule has 1 fully saturated rings. The number of ketones is 1. The molecule has 1 aliphatic heterocycles. The van der Waals surface area contributed by atoms with Crippen molar-refractivity contribution in [1.82, 2.24) is 9.88 Å². The van der Waals surface area contributed by atoms with Crippen LogP contribution in [0.3, 0.4) is 0 Å². The number of aromatic nitrogens is 1. The van der Waals surface area contributed by atoms with Crippen LogP contribution in [0.15, 0.2) is 10.9 Å². The van der Waals surface area contributed by atoms with Crippen molar-refractivity contribution < 1.29 is 9.59 Å². The normalized spacial score (nSPS) is 19.0. The number of hydrogen-bond donors (Lipinski definition) is 1. The Bertz CT molecular complexity index is 625. The van der Waals surface area contributed by atoms with Gasteiger partial charge in [-0.2, -0.15) is 0 Å². The number of likely N-dealkylation sites (tertiary alicyclic amines) is 1. The molecule has 5 heteroatoms. The third kappa shape index (κ3) is 2.77. The average molecular weight is 288 g/mol. The van der Waals surface area contributed by atoms with Crippen molar-refractivity contribution in [1.29, 1.82) is 0 Å². The van der Waals surface area contributed by atoms with Gasteiger partial charge in [0, 0.05) is 30.8 Å². The van der Waals surface area contributed by atoms with Gasteiger partial charge in [-0.15, -0.1) is 0 Å². The Balaban J connectivity index is 1.94. The Hall–Kier alpha value is -1.91. The van der Waals surface area contributed by atoms with Gasteiger partial charge in [-0.05, 0) is 31.7 Å². The fourth-order valence-corrected chi connectivity index (χ4v) is 3.18. The van der Waals surface area contributed by atoms with Crippen LogP contribution in [0.4, 0.5) is 0 Å². The molecule has 21 heavy (non-hydrogen) atoms. The van der Waals surface area contributed by atoms with Gasteiger partial charge in [0.15, 0.2) is 5.78 Å². The van der Waals surface area contributed by atoms with Gasteiger partial charge in [0.1, 0.15) is 5.56 Å². The fraction of sp³-hybridized carbons (Fsp3) is 0.562. The highest BCUT2D eigenvalue weighted by molar-refractivity contribution is 6.01. The highest BCUT2D eigenvalue weighted by Crippen LogP contribution is 2.20. The van der Waals surface area contributed by atoms with Crippen LogP contribution in [0.5, 0.6) is 0 Å². The molecule has 3 rings (SSSR count). The van der Waals surface area contributed by atoms with E-state index in [9.17, 15) is 14.4 Å². The lowest BCUT2D eigenvalue weighted by atomic mass is 9.93. The standard InChI is InChI=1S/C16H20N2O3/c19-14-7-5-6-13-11(14)10-12(15(20)17-13)16(21)18-8-3-1-2-4-9-18/h10H,1-9H2,(H,17,20). The molecule has 112 valence electrons. The molecular formula is C16H20N2O3. The summed E-state index contributed by atoms with van der Waals surface area (Å²) >= 11 is 0. The minimum absolute atomic E-state index is 0.0254. The minimum Gasteiger partial charge on any atom is -0.338 e. The van der Waals surface area contributed by atoms with Crippen molar-refractivity contribution in [2.45, 2.75) is 44.9 Å². The van der Waals surface area contributed by atoms with Gasteiger partial charge in [0.25, 0.3) is 11.5 Å². The van der Waals surface area contributed by atoms with Crippen LogP contribution in [-0.4, -0.2) is 34.7 Å². The number of amides is 1. The number of H-pyrrole nitrogens is 1. The van der Waals surface area contributed by atoms with Crippen LogP contribution < -0.4 is 5.56 Å². The third-order valence-corrected chi connectivity index (χ3v) is 4.38. The zero-order valence-corrected chi connectivity index (χ0v) is 12.1. The predicted molar refractivity (Wildman–Crippen MR) is 78.7 cm³/mol. The van der Waals surface area contributed by atoms with Gasteiger partial charge >= 0.3 is 0 Å². The van der Waals surface area contributed by atoms with Crippen LogP contribution in [0.2, 0.25) is 0 Å². The molecule has 0 spiro atoms. The van der Waals surface area contributed by atoms with Gasteiger partial charge in [-0.25, -0.2) is 0 Å². The average Bonchev–Trinajstić information content (AvgIpc) is 2.75. The number of aryl methyl sites for hydroxylation is 1. The number of aromatic amines is 1. The molecule has 2 heterocycles. The van der Waals surface area contributed by atoms with E-state index in [2.05, 4.69) is 4.98 Å². The summed E-state index contributed by atoms with van der Waals surface area (Å²) in [6.07, 6.45) is 6.18. The smallest absolute Gasteiger partial charge is 0.261 e. The first-order chi connectivity index (χ1) is 10.2. The van der Waals surface area contributed by atoms with E-state index in [1.807, 2.05) is 0 Å². The molecule has 1 aromatic rings. The van der Waals surface area contributed by atoms with Crippen molar-refractivity contribution >= 4 is 11.7 Å². The molecule has 1 aromatic heterocycles. The Morgan fingerprint density at radius 1 is 1.00 bits per heavy atom. The number of pyridine rings is 1. The second-order valence-electron chi connectivity index (χ2n) is 5.89. The molecule has 0 aromatic carbocycles. The molecule has 0 bridgehead atoms. The van der Waals surface area contributed by atoms with Gasteiger partial charge in [0.2, 0.25) is 0 Å². The maximum Gasteiger partial charge on any atom is 0.261 e. The summed E-state index contributed by atoms with van der Waals surface area (Å²) in [6, 6.07) is 1.52. The molecule has 2 aliphatic rings. The summed E-state index contributed by atoms with van der Waals surface area (Å²) in [4.78, 5) is 41.2. The van der Waals surface area contributed by atoms with Gasteiger partial charge in [-0.1, -0.05) is 12.8 Å². The van der Waals surface area contributed by atoms with Crippen LogP contribution in [0.1, 0.15) is 64.9 Å². The van der Waals surface area contributed by atoms with Crippen molar-refractivity contribution in [2.24, 2.45) is 0 Å². The summed E-state index contributed by atoms with van der Waals surface area (Å²) in [5.41, 5.74) is 0.964. The van der Waals surface area contributed by atoms with Crippen LogP contribution in [-0.2, 0) is 6.42 Å². The summed E-state index contributed by atoms with van der Waals surface area (Å²) < 4.78 is 0. The maximum absolute atomic E-state index is 12.6. The number of Topliss-reactive ketones (excluding diaryl/α,β-unsaturated/α-hetero) is 1. The van der Waals surface area contributed by atoms with Crippen molar-refractivity contribution in [3.63, 3.8) is 0 Å². The minimum atomic E-state index is -0.363. The Morgan fingerprint density at radius 3 is 2.43 bits per heavy atom. The third-order valence-electron chi connectivity index (χ3n) is 4.38. The van der Waals surface area contributed by atoms with E-state index >= 15 is 0 Å². The van der Waals surface area contributed by atoms with E-state index in [1.54, 1.807) is 4.90 Å². The molecule has 1 N–H and O–H groups in total. The van der Waals surface area contributed by atoms with E-state index in [1.165, 1.54) is 6.07 Å². The van der Waals surface area contributed by atoms with E-state index in [-0.39, 0.29) is 22.8 Å². The Labute approximate surface area is 123 Å².